The van der Waals surface area contributed by atoms with Gasteiger partial charge in [0.05, 0.1) is 18.9 Å². The first-order chi connectivity index (χ1) is 4.43. The molecule has 4 heteroatoms. The maximum absolute atomic E-state index is 9.83. The van der Waals surface area contributed by atoms with Gasteiger partial charge in [0.25, 0.3) is 0 Å². The molecule has 0 bridgehead atoms. The minimum atomic E-state index is 0.481. The Bertz CT molecular complexity index is 170. The van der Waals surface area contributed by atoms with Gasteiger partial charge >= 0.3 is 0 Å². The minimum absolute atomic E-state index is 0.481. The van der Waals surface area contributed by atoms with Gasteiger partial charge in [-0.1, -0.05) is 0 Å². The number of aromatic nitrogens is 3. The van der Waals surface area contributed by atoms with E-state index in [1.165, 1.54) is 4.80 Å². The molecule has 0 aromatic carbocycles. The Labute approximate surface area is 52.5 Å². The van der Waals surface area contributed by atoms with Crippen molar-refractivity contribution in [2.75, 3.05) is 0 Å². The lowest BCUT2D eigenvalue weighted by Gasteiger charge is -1.90. The van der Waals surface area contributed by atoms with Gasteiger partial charge in [0, 0.05) is 6.42 Å². The average molecular weight is 125 g/mol. The molecule has 0 saturated heterocycles. The number of hydrogen-bond acceptors (Lipinski definition) is 3. The molecule has 0 unspecified atom stereocenters. The molecule has 0 aliphatic heterocycles. The van der Waals surface area contributed by atoms with Crippen LogP contribution in [0, 0.1) is 0 Å². The molecular formula is C5H7N3O. The lowest BCUT2D eigenvalue weighted by molar-refractivity contribution is -0.108. The van der Waals surface area contributed by atoms with E-state index < -0.39 is 0 Å². The number of aryl methyl sites for hydroxylation is 1. The molecule has 0 aliphatic carbocycles. The summed E-state index contributed by atoms with van der Waals surface area (Å²) in [7, 11) is 0. The molecule has 0 aliphatic rings. The lowest BCUT2D eigenvalue weighted by atomic mass is 10.5. The first kappa shape index (κ1) is 5.94. The Morgan fingerprint density at radius 3 is 2.67 bits per heavy atom. The molecule has 0 amide bonds. The zero-order valence-corrected chi connectivity index (χ0v) is 4.90. The van der Waals surface area contributed by atoms with Gasteiger partial charge in [-0.15, -0.1) is 0 Å². The van der Waals surface area contributed by atoms with E-state index in [1.54, 1.807) is 12.4 Å². The van der Waals surface area contributed by atoms with Crippen LogP contribution >= 0.6 is 0 Å². The predicted molar refractivity (Wildman–Crippen MR) is 30.7 cm³/mol. The Hall–Kier alpha value is -1.19. The van der Waals surface area contributed by atoms with E-state index in [1.807, 2.05) is 0 Å². The summed E-state index contributed by atoms with van der Waals surface area (Å²) in [5, 5.41) is 7.60. The molecule has 1 aromatic rings. The molecule has 0 radical (unpaired) electrons. The smallest absolute Gasteiger partial charge is 0.121 e. The fourth-order valence-electron chi connectivity index (χ4n) is 0.527. The fraction of sp³-hybridized carbons (Fsp3) is 0.400. The second-order valence-corrected chi connectivity index (χ2v) is 1.58. The Morgan fingerprint density at radius 2 is 2.11 bits per heavy atom. The van der Waals surface area contributed by atoms with Gasteiger partial charge in [-0.25, -0.2) is 0 Å². The highest BCUT2D eigenvalue weighted by Crippen LogP contribution is 1.79. The maximum atomic E-state index is 9.83. The summed E-state index contributed by atoms with van der Waals surface area (Å²) in [6.45, 7) is 0.580. The van der Waals surface area contributed by atoms with E-state index >= 15 is 0 Å². The van der Waals surface area contributed by atoms with Gasteiger partial charge < -0.3 is 4.79 Å². The minimum Gasteiger partial charge on any atom is -0.303 e. The lowest BCUT2D eigenvalue weighted by Crippen LogP contribution is -2.01. The summed E-state index contributed by atoms with van der Waals surface area (Å²) in [4.78, 5) is 11.3. The van der Waals surface area contributed by atoms with Crippen molar-refractivity contribution in [1.82, 2.24) is 15.0 Å². The summed E-state index contributed by atoms with van der Waals surface area (Å²) in [5.74, 6) is 0. The average Bonchev–Trinajstić information content (AvgIpc) is 2.34. The Balaban J connectivity index is 2.38. The molecule has 4 nitrogen and oxygen atoms in total. The van der Waals surface area contributed by atoms with Gasteiger partial charge in [-0.05, 0) is 0 Å². The monoisotopic (exact) mass is 125 g/mol. The van der Waals surface area contributed by atoms with Crippen molar-refractivity contribution in [3.8, 4) is 0 Å². The zero-order valence-electron chi connectivity index (χ0n) is 4.90. The van der Waals surface area contributed by atoms with Gasteiger partial charge in [0.15, 0.2) is 0 Å². The van der Waals surface area contributed by atoms with Gasteiger partial charge in [-0.3, -0.25) is 0 Å². The quantitative estimate of drug-likeness (QED) is 0.528. The number of hydrogen-bond donors (Lipinski definition) is 0. The number of nitrogens with zero attached hydrogens (tertiary/aromatic N) is 3. The van der Waals surface area contributed by atoms with E-state index in [0.717, 1.165) is 6.29 Å². The van der Waals surface area contributed by atoms with Gasteiger partial charge in [0.1, 0.15) is 6.29 Å². The second kappa shape index (κ2) is 2.96. The molecule has 1 aromatic heterocycles. The fourth-order valence-corrected chi connectivity index (χ4v) is 0.527. The third kappa shape index (κ3) is 1.64. The summed E-state index contributed by atoms with van der Waals surface area (Å²) in [5.41, 5.74) is 0. The molecule has 1 rings (SSSR count). The largest absolute Gasteiger partial charge is 0.303 e. The molecule has 0 saturated carbocycles. The van der Waals surface area contributed by atoms with Crippen LogP contribution in [0.1, 0.15) is 6.42 Å². The topological polar surface area (TPSA) is 47.8 Å². The van der Waals surface area contributed by atoms with Crippen molar-refractivity contribution in [2.24, 2.45) is 0 Å². The summed E-state index contributed by atoms with van der Waals surface area (Å²) in [6.07, 6.45) is 4.51. The van der Waals surface area contributed by atoms with Crippen LogP contribution < -0.4 is 0 Å². The Morgan fingerprint density at radius 1 is 1.44 bits per heavy atom. The number of carbonyl (C=O) groups is 1. The first-order valence-electron chi connectivity index (χ1n) is 2.71. The molecule has 0 spiro atoms. The van der Waals surface area contributed by atoms with Gasteiger partial charge in [0.2, 0.25) is 0 Å². The van der Waals surface area contributed by atoms with Crippen molar-refractivity contribution in [2.45, 2.75) is 13.0 Å². The highest BCUT2D eigenvalue weighted by atomic mass is 16.1. The standard InChI is InChI=1S/C5H7N3O/c9-5-1-4-8-6-2-3-7-8/h2-3,5H,1,4H2. The molecule has 0 N–H and O–H groups in total. The van der Waals surface area contributed by atoms with Crippen LogP contribution in [0.2, 0.25) is 0 Å². The van der Waals surface area contributed by atoms with Crippen LogP contribution in [0.3, 0.4) is 0 Å². The molecule has 1 heterocycles. The second-order valence-electron chi connectivity index (χ2n) is 1.58. The van der Waals surface area contributed by atoms with Crippen LogP contribution in [-0.4, -0.2) is 21.3 Å². The zero-order chi connectivity index (χ0) is 6.53. The molecule has 0 atom stereocenters. The van der Waals surface area contributed by atoms with E-state index in [-0.39, 0.29) is 0 Å². The van der Waals surface area contributed by atoms with Crippen molar-refractivity contribution in [3.05, 3.63) is 12.4 Å². The van der Waals surface area contributed by atoms with Crippen LogP contribution in [0.15, 0.2) is 12.4 Å². The third-order valence-electron chi connectivity index (χ3n) is 0.914. The SMILES string of the molecule is O=CCCn1nccn1. The van der Waals surface area contributed by atoms with Crippen LogP contribution in [0.25, 0.3) is 0 Å². The summed E-state index contributed by atoms with van der Waals surface area (Å²) in [6, 6.07) is 0. The van der Waals surface area contributed by atoms with E-state index in [9.17, 15) is 4.79 Å². The molecule has 9 heavy (non-hydrogen) atoms. The summed E-state index contributed by atoms with van der Waals surface area (Å²) < 4.78 is 0. The van der Waals surface area contributed by atoms with Crippen LogP contribution in [-0.2, 0) is 11.3 Å². The highest BCUT2D eigenvalue weighted by molar-refractivity contribution is 5.48. The Kier molecular flexibility index (Phi) is 1.95. The first-order valence-corrected chi connectivity index (χ1v) is 2.71. The van der Waals surface area contributed by atoms with E-state index in [0.29, 0.717) is 13.0 Å². The molecule has 0 fully saturated rings. The predicted octanol–water partition coefficient (Wildman–Crippen LogP) is -0.133. The van der Waals surface area contributed by atoms with E-state index in [2.05, 4.69) is 10.2 Å². The molecular weight excluding hydrogens is 118 g/mol. The normalized spacial score (nSPS) is 9.33. The number of carbonyl (C=O) groups excluding carboxylic acids is 1. The van der Waals surface area contributed by atoms with E-state index in [4.69, 9.17) is 0 Å². The third-order valence-corrected chi connectivity index (χ3v) is 0.914. The maximum Gasteiger partial charge on any atom is 0.121 e. The van der Waals surface area contributed by atoms with Crippen molar-refractivity contribution < 1.29 is 4.79 Å². The number of rotatable bonds is 3. The van der Waals surface area contributed by atoms with Crippen LogP contribution in [0.4, 0.5) is 0 Å². The van der Waals surface area contributed by atoms with Crippen molar-refractivity contribution in [3.63, 3.8) is 0 Å². The van der Waals surface area contributed by atoms with Gasteiger partial charge in [-0.2, -0.15) is 15.0 Å². The highest BCUT2D eigenvalue weighted by Gasteiger charge is 1.87. The molecule has 48 valence electrons. The number of aldehydes is 1. The van der Waals surface area contributed by atoms with Crippen molar-refractivity contribution in [1.29, 1.82) is 0 Å². The van der Waals surface area contributed by atoms with Crippen molar-refractivity contribution >= 4 is 6.29 Å². The van der Waals surface area contributed by atoms with Crippen LogP contribution in [0.5, 0.6) is 0 Å². The summed E-state index contributed by atoms with van der Waals surface area (Å²) >= 11 is 0.